The molecule has 23 heavy (non-hydrogen) atoms. The smallest absolute Gasteiger partial charge is 0.310 e. The van der Waals surface area contributed by atoms with Gasteiger partial charge in [-0.15, -0.1) is 0 Å². The second kappa shape index (κ2) is 6.46. The zero-order valence-corrected chi connectivity index (χ0v) is 14.2. The Hall–Kier alpha value is -1.64. The largest absolute Gasteiger partial charge is 0.495 e. The lowest BCUT2D eigenvalue weighted by molar-refractivity contribution is -0.146. The number of carboxylic acid groups (broad SMARTS) is 1. The Labute approximate surface area is 135 Å². The zero-order valence-electron chi connectivity index (χ0n) is 13.4. The first kappa shape index (κ1) is 17.7. The summed E-state index contributed by atoms with van der Waals surface area (Å²) in [6.45, 7) is 1.95. The SMILES string of the molecule is COCc1ccc(OC)c(S(=O)(=O)N2CCC(C)(C(=O)O)C2)c1. The van der Waals surface area contributed by atoms with Crippen molar-refractivity contribution in [1.29, 1.82) is 0 Å². The molecule has 8 heteroatoms. The van der Waals surface area contributed by atoms with Gasteiger partial charge in [0.05, 0.1) is 19.1 Å². The minimum absolute atomic E-state index is 0.0317. The molecule has 1 aliphatic heterocycles. The highest BCUT2D eigenvalue weighted by atomic mass is 32.2. The quantitative estimate of drug-likeness (QED) is 0.837. The minimum atomic E-state index is -3.84. The van der Waals surface area contributed by atoms with Crippen LogP contribution in [-0.4, -0.2) is 51.1 Å². The molecule has 1 heterocycles. The average molecular weight is 343 g/mol. The van der Waals surface area contributed by atoms with Crippen molar-refractivity contribution >= 4 is 16.0 Å². The molecule has 1 aromatic carbocycles. The molecule has 1 N–H and O–H groups in total. The topological polar surface area (TPSA) is 93.1 Å². The normalized spacial score (nSPS) is 22.2. The van der Waals surface area contributed by atoms with Gasteiger partial charge in [0.2, 0.25) is 10.0 Å². The third-order valence-corrected chi connectivity index (χ3v) is 5.98. The van der Waals surface area contributed by atoms with Crippen LogP contribution in [0.25, 0.3) is 0 Å². The van der Waals surface area contributed by atoms with Crippen molar-refractivity contribution in [2.45, 2.75) is 24.8 Å². The Bertz CT molecular complexity index is 702. The number of aliphatic carboxylic acids is 1. The van der Waals surface area contributed by atoms with Gasteiger partial charge < -0.3 is 14.6 Å². The van der Waals surface area contributed by atoms with Gasteiger partial charge in [-0.3, -0.25) is 4.79 Å². The predicted octanol–water partition coefficient (Wildman–Crippen LogP) is 1.33. The molecule has 1 unspecified atom stereocenters. The first-order valence-electron chi connectivity index (χ1n) is 7.14. The predicted molar refractivity (Wildman–Crippen MR) is 82.8 cm³/mol. The van der Waals surface area contributed by atoms with Crippen LogP contribution in [0, 0.1) is 5.41 Å². The summed E-state index contributed by atoms with van der Waals surface area (Å²) in [5, 5.41) is 9.28. The van der Waals surface area contributed by atoms with E-state index in [1.807, 2.05) is 0 Å². The van der Waals surface area contributed by atoms with Gasteiger partial charge in [-0.05, 0) is 31.0 Å². The third kappa shape index (κ3) is 3.34. The van der Waals surface area contributed by atoms with Crippen LogP contribution in [0.2, 0.25) is 0 Å². The molecule has 128 valence electrons. The molecule has 1 aliphatic rings. The van der Waals surface area contributed by atoms with Gasteiger partial charge in [-0.2, -0.15) is 4.31 Å². The van der Waals surface area contributed by atoms with Gasteiger partial charge in [0.1, 0.15) is 10.6 Å². The monoisotopic (exact) mass is 343 g/mol. The van der Waals surface area contributed by atoms with E-state index in [1.165, 1.54) is 24.6 Å². The number of hydrogen-bond acceptors (Lipinski definition) is 5. The standard InChI is InChI=1S/C15H21NO6S/c1-15(14(17)18)6-7-16(10-15)23(19,20)13-8-11(9-21-2)4-5-12(13)22-3/h4-5,8H,6-7,9-10H2,1-3H3,(H,17,18). The summed E-state index contributed by atoms with van der Waals surface area (Å²) in [6.07, 6.45) is 0.279. The van der Waals surface area contributed by atoms with E-state index in [4.69, 9.17) is 9.47 Å². The summed E-state index contributed by atoms with van der Waals surface area (Å²) in [6, 6.07) is 4.81. The summed E-state index contributed by atoms with van der Waals surface area (Å²) in [5.74, 6) is -0.760. The van der Waals surface area contributed by atoms with Crippen LogP contribution in [0.4, 0.5) is 0 Å². The van der Waals surface area contributed by atoms with Crippen molar-refractivity contribution in [1.82, 2.24) is 4.31 Å². The van der Waals surface area contributed by atoms with E-state index in [0.29, 0.717) is 5.56 Å². The molecule has 2 rings (SSSR count). The highest BCUT2D eigenvalue weighted by Crippen LogP contribution is 2.36. The van der Waals surface area contributed by atoms with E-state index in [0.717, 1.165) is 0 Å². The molecular weight excluding hydrogens is 322 g/mol. The first-order chi connectivity index (χ1) is 10.7. The lowest BCUT2D eigenvalue weighted by Crippen LogP contribution is -2.35. The lowest BCUT2D eigenvalue weighted by Gasteiger charge is -2.21. The second-order valence-electron chi connectivity index (χ2n) is 5.87. The maximum atomic E-state index is 12.9. The van der Waals surface area contributed by atoms with Gasteiger partial charge in [-0.1, -0.05) is 6.07 Å². The highest BCUT2D eigenvalue weighted by molar-refractivity contribution is 7.89. The molecule has 1 atom stereocenters. The maximum absolute atomic E-state index is 12.9. The van der Waals surface area contributed by atoms with Crippen molar-refractivity contribution < 1.29 is 27.8 Å². The molecule has 0 bridgehead atoms. The van der Waals surface area contributed by atoms with Crippen LogP contribution in [0.15, 0.2) is 23.1 Å². The Morgan fingerprint density at radius 1 is 1.39 bits per heavy atom. The number of nitrogens with zero attached hydrogens (tertiary/aromatic N) is 1. The zero-order chi connectivity index (χ0) is 17.3. The molecule has 1 fully saturated rings. The molecule has 1 saturated heterocycles. The van der Waals surface area contributed by atoms with Crippen LogP contribution in [0.1, 0.15) is 18.9 Å². The Kier molecular flexibility index (Phi) is 4.98. The van der Waals surface area contributed by atoms with E-state index in [-0.39, 0.29) is 36.8 Å². The van der Waals surface area contributed by atoms with Crippen molar-refractivity contribution in [2.24, 2.45) is 5.41 Å². The fraction of sp³-hybridized carbons (Fsp3) is 0.533. The van der Waals surface area contributed by atoms with Gasteiger partial charge >= 0.3 is 5.97 Å². The summed E-state index contributed by atoms with van der Waals surface area (Å²) in [7, 11) is -0.914. The molecule has 0 aliphatic carbocycles. The van der Waals surface area contributed by atoms with Crippen LogP contribution in [0.3, 0.4) is 0 Å². The molecule has 7 nitrogen and oxygen atoms in total. The van der Waals surface area contributed by atoms with E-state index in [1.54, 1.807) is 19.1 Å². The van der Waals surface area contributed by atoms with E-state index < -0.39 is 21.4 Å². The van der Waals surface area contributed by atoms with Gasteiger partial charge in [0, 0.05) is 20.2 Å². The number of hydrogen-bond donors (Lipinski definition) is 1. The number of carbonyl (C=O) groups is 1. The first-order valence-corrected chi connectivity index (χ1v) is 8.58. The summed E-state index contributed by atoms with van der Waals surface area (Å²) in [5.41, 5.74) is -0.364. The van der Waals surface area contributed by atoms with Crippen LogP contribution >= 0.6 is 0 Å². The molecule has 0 radical (unpaired) electrons. The molecule has 0 amide bonds. The van der Waals surface area contributed by atoms with Gasteiger partial charge in [0.25, 0.3) is 0 Å². The Morgan fingerprint density at radius 2 is 2.09 bits per heavy atom. The number of rotatable bonds is 6. The fourth-order valence-electron chi connectivity index (χ4n) is 2.62. The Morgan fingerprint density at radius 3 is 2.61 bits per heavy atom. The highest BCUT2D eigenvalue weighted by Gasteiger charge is 2.45. The van der Waals surface area contributed by atoms with Crippen LogP contribution < -0.4 is 4.74 Å². The third-order valence-electron chi connectivity index (χ3n) is 4.11. The molecule has 1 aromatic rings. The fourth-order valence-corrected chi connectivity index (χ4v) is 4.39. The van der Waals surface area contributed by atoms with E-state index >= 15 is 0 Å². The average Bonchev–Trinajstić information content (AvgIpc) is 2.92. The molecular formula is C15H21NO6S. The summed E-state index contributed by atoms with van der Waals surface area (Å²) >= 11 is 0. The second-order valence-corrected chi connectivity index (χ2v) is 7.78. The van der Waals surface area contributed by atoms with Crippen LogP contribution in [-0.2, 0) is 26.2 Å². The van der Waals surface area contributed by atoms with Crippen molar-refractivity contribution in [3.8, 4) is 5.75 Å². The van der Waals surface area contributed by atoms with E-state index in [2.05, 4.69) is 0 Å². The number of carboxylic acids is 1. The van der Waals surface area contributed by atoms with Crippen molar-refractivity contribution in [3.63, 3.8) is 0 Å². The van der Waals surface area contributed by atoms with Crippen LogP contribution in [0.5, 0.6) is 5.75 Å². The Balaban J connectivity index is 2.40. The maximum Gasteiger partial charge on any atom is 0.310 e. The molecule has 0 saturated carbocycles. The summed E-state index contributed by atoms with van der Waals surface area (Å²) < 4.78 is 37.2. The van der Waals surface area contributed by atoms with Crippen molar-refractivity contribution in [3.05, 3.63) is 23.8 Å². The number of ether oxygens (including phenoxy) is 2. The van der Waals surface area contributed by atoms with Crippen molar-refractivity contribution in [2.75, 3.05) is 27.3 Å². The molecule has 0 spiro atoms. The minimum Gasteiger partial charge on any atom is -0.495 e. The molecule has 0 aromatic heterocycles. The van der Waals surface area contributed by atoms with Gasteiger partial charge in [0.15, 0.2) is 0 Å². The number of methoxy groups -OCH3 is 2. The lowest BCUT2D eigenvalue weighted by atomic mass is 9.90. The summed E-state index contributed by atoms with van der Waals surface area (Å²) in [4.78, 5) is 11.4. The number of benzene rings is 1. The van der Waals surface area contributed by atoms with E-state index in [9.17, 15) is 18.3 Å². The van der Waals surface area contributed by atoms with Gasteiger partial charge in [-0.25, -0.2) is 8.42 Å². The number of sulfonamides is 1.